The van der Waals surface area contributed by atoms with Crippen LogP contribution in [0.15, 0.2) is 11.1 Å². The lowest BCUT2D eigenvalue weighted by atomic mass is 9.66. The fourth-order valence-electron chi connectivity index (χ4n) is 5.57. The molecule has 3 unspecified atom stereocenters. The molecule has 222 valence electrons. The number of hydrogen-bond acceptors (Lipinski definition) is 10. The van der Waals surface area contributed by atoms with Gasteiger partial charge in [0.05, 0.1) is 31.0 Å². The number of nitrogens with two attached hydrogens (primary N) is 1. The number of ether oxygens (including phenoxy) is 3. The van der Waals surface area contributed by atoms with Gasteiger partial charge in [-0.3, -0.25) is 9.59 Å². The molecule has 0 saturated carbocycles. The SMILES string of the molecule is CC(=O)O[C@@]12CO[C@@H]1C[C@H](O)CCC(O)/C(C(C)C)=C(\C)[C@@H](OC=O)C[C@@](C)(O)C(C)C2C.C[C@H](N)CO. The minimum atomic E-state index is -1.29. The lowest BCUT2D eigenvalue weighted by molar-refractivity contribution is -0.288. The number of esters is 1. The van der Waals surface area contributed by atoms with Crippen LogP contribution >= 0.6 is 0 Å². The number of carbonyl (C=O) groups is 2. The summed E-state index contributed by atoms with van der Waals surface area (Å²) in [6.45, 7) is 14.9. The molecule has 0 aromatic rings. The van der Waals surface area contributed by atoms with Gasteiger partial charge in [0.15, 0.2) is 5.60 Å². The molecule has 0 spiro atoms. The summed E-state index contributed by atoms with van der Waals surface area (Å²) in [7, 11) is 0. The summed E-state index contributed by atoms with van der Waals surface area (Å²) in [5.41, 5.74) is 4.22. The maximum Gasteiger partial charge on any atom is 0.303 e. The van der Waals surface area contributed by atoms with E-state index in [1.165, 1.54) is 6.92 Å². The first-order valence-electron chi connectivity index (χ1n) is 13.6. The zero-order chi connectivity index (χ0) is 29.4. The van der Waals surface area contributed by atoms with Crippen LogP contribution in [0.25, 0.3) is 0 Å². The average molecular weight is 546 g/mol. The minimum absolute atomic E-state index is 0.0179. The Hall–Kier alpha value is -1.56. The van der Waals surface area contributed by atoms with Crippen molar-refractivity contribution in [2.45, 2.75) is 123 Å². The van der Waals surface area contributed by atoms with E-state index in [0.717, 1.165) is 5.57 Å². The molecule has 0 aromatic heterocycles. The molecule has 1 aliphatic carbocycles. The van der Waals surface area contributed by atoms with Gasteiger partial charge in [0, 0.05) is 31.7 Å². The summed E-state index contributed by atoms with van der Waals surface area (Å²) < 4.78 is 17.0. The summed E-state index contributed by atoms with van der Waals surface area (Å²) in [5.74, 6) is -1.14. The van der Waals surface area contributed by atoms with Gasteiger partial charge in [0.2, 0.25) is 0 Å². The third-order valence-electron chi connectivity index (χ3n) is 8.18. The van der Waals surface area contributed by atoms with Gasteiger partial charge in [-0.25, -0.2) is 0 Å². The Morgan fingerprint density at radius 3 is 2.21 bits per heavy atom. The van der Waals surface area contributed by atoms with Crippen molar-refractivity contribution >= 4 is 12.4 Å². The smallest absolute Gasteiger partial charge is 0.303 e. The van der Waals surface area contributed by atoms with Crippen LogP contribution in [-0.2, 0) is 23.8 Å². The number of rotatable bonds is 5. The van der Waals surface area contributed by atoms with E-state index in [2.05, 4.69) is 0 Å². The van der Waals surface area contributed by atoms with Crippen LogP contribution in [0.3, 0.4) is 0 Å². The Morgan fingerprint density at radius 1 is 1.21 bits per heavy atom. The first-order chi connectivity index (χ1) is 17.5. The van der Waals surface area contributed by atoms with Crippen LogP contribution in [-0.4, -0.2) is 87.7 Å². The fourth-order valence-corrected chi connectivity index (χ4v) is 5.57. The van der Waals surface area contributed by atoms with E-state index >= 15 is 0 Å². The highest BCUT2D eigenvalue weighted by atomic mass is 16.6. The van der Waals surface area contributed by atoms with Gasteiger partial charge in [0.1, 0.15) is 12.2 Å². The van der Waals surface area contributed by atoms with E-state index in [-0.39, 0.29) is 49.9 Å². The van der Waals surface area contributed by atoms with E-state index in [1.807, 2.05) is 34.6 Å². The zero-order valence-corrected chi connectivity index (χ0v) is 24.3. The molecule has 10 nitrogen and oxygen atoms in total. The van der Waals surface area contributed by atoms with E-state index in [9.17, 15) is 24.9 Å². The second-order valence-corrected chi connectivity index (χ2v) is 11.6. The quantitative estimate of drug-likeness (QED) is 0.195. The Morgan fingerprint density at radius 2 is 1.79 bits per heavy atom. The van der Waals surface area contributed by atoms with Crippen LogP contribution < -0.4 is 5.73 Å². The van der Waals surface area contributed by atoms with E-state index in [1.54, 1.807) is 13.8 Å². The number of carbonyl (C=O) groups excluding carboxylic acids is 2. The summed E-state index contributed by atoms with van der Waals surface area (Å²) >= 11 is 0. The van der Waals surface area contributed by atoms with E-state index < -0.39 is 41.6 Å². The van der Waals surface area contributed by atoms with Crippen molar-refractivity contribution in [3.63, 3.8) is 0 Å². The van der Waals surface area contributed by atoms with Crippen LogP contribution in [0.1, 0.15) is 81.1 Å². The van der Waals surface area contributed by atoms with Crippen molar-refractivity contribution in [1.29, 1.82) is 0 Å². The van der Waals surface area contributed by atoms with Crippen molar-refractivity contribution in [3.8, 4) is 0 Å². The average Bonchev–Trinajstić information content (AvgIpc) is 2.81. The highest BCUT2D eigenvalue weighted by Crippen LogP contribution is 2.46. The van der Waals surface area contributed by atoms with Crippen molar-refractivity contribution in [2.24, 2.45) is 23.5 Å². The van der Waals surface area contributed by atoms with Gasteiger partial charge in [0.25, 0.3) is 6.47 Å². The van der Waals surface area contributed by atoms with Gasteiger partial charge < -0.3 is 40.4 Å². The van der Waals surface area contributed by atoms with Gasteiger partial charge in [-0.15, -0.1) is 0 Å². The Bertz CT molecular complexity index is 797. The van der Waals surface area contributed by atoms with Gasteiger partial charge in [-0.1, -0.05) is 27.7 Å². The molecule has 2 aliphatic rings. The molecular weight excluding hydrogens is 494 g/mol. The molecule has 6 N–H and O–H groups in total. The molecule has 2 rings (SSSR count). The molecule has 1 aliphatic heterocycles. The van der Waals surface area contributed by atoms with Crippen LogP contribution in [0.4, 0.5) is 0 Å². The monoisotopic (exact) mass is 545 g/mol. The van der Waals surface area contributed by atoms with Crippen molar-refractivity contribution in [3.05, 3.63) is 11.1 Å². The first-order valence-corrected chi connectivity index (χ1v) is 13.6. The number of aliphatic hydroxyl groups excluding tert-OH is 3. The molecule has 9 atom stereocenters. The number of aliphatic hydroxyl groups is 4. The Balaban J connectivity index is 0.00000132. The molecule has 1 saturated heterocycles. The summed E-state index contributed by atoms with van der Waals surface area (Å²) in [6.07, 6.45) is -1.81. The molecule has 0 aromatic carbocycles. The number of hydrogen-bond donors (Lipinski definition) is 5. The normalized spacial score (nSPS) is 39.4. The van der Waals surface area contributed by atoms with Crippen LogP contribution in [0.2, 0.25) is 0 Å². The van der Waals surface area contributed by atoms with E-state index in [0.29, 0.717) is 24.9 Å². The van der Waals surface area contributed by atoms with Crippen LogP contribution in [0, 0.1) is 17.8 Å². The largest absolute Gasteiger partial charge is 0.460 e. The fraction of sp³-hybridized carbons (Fsp3) is 0.857. The van der Waals surface area contributed by atoms with Gasteiger partial charge >= 0.3 is 5.97 Å². The van der Waals surface area contributed by atoms with E-state index in [4.69, 9.17) is 25.1 Å². The lowest BCUT2D eigenvalue weighted by Gasteiger charge is -2.55. The van der Waals surface area contributed by atoms with Crippen LogP contribution in [0.5, 0.6) is 0 Å². The Labute approximate surface area is 227 Å². The summed E-state index contributed by atoms with van der Waals surface area (Å²) in [4.78, 5) is 23.3. The zero-order valence-electron chi connectivity index (χ0n) is 24.3. The van der Waals surface area contributed by atoms with Gasteiger partial charge in [-0.2, -0.15) is 0 Å². The molecule has 1 fully saturated rings. The summed E-state index contributed by atoms with van der Waals surface area (Å²) in [5, 5.41) is 41.3. The first kappa shape index (κ1) is 34.5. The Kier molecular flexibility index (Phi) is 13.4. The predicted molar refractivity (Wildman–Crippen MR) is 143 cm³/mol. The van der Waals surface area contributed by atoms with Crippen molar-refractivity contribution in [1.82, 2.24) is 0 Å². The third kappa shape index (κ3) is 8.72. The predicted octanol–water partition coefficient (Wildman–Crippen LogP) is 1.85. The molecular formula is C28H51NO9. The molecule has 0 radical (unpaired) electrons. The van der Waals surface area contributed by atoms with Crippen molar-refractivity contribution in [2.75, 3.05) is 13.2 Å². The third-order valence-corrected chi connectivity index (χ3v) is 8.18. The molecule has 0 bridgehead atoms. The number of fused-ring (bicyclic) bond motifs is 1. The summed E-state index contributed by atoms with van der Waals surface area (Å²) in [6, 6.07) is -0.0602. The molecule has 38 heavy (non-hydrogen) atoms. The maximum atomic E-state index is 12.0. The molecule has 10 heteroatoms. The maximum absolute atomic E-state index is 12.0. The topological polar surface area (TPSA) is 169 Å². The highest BCUT2D eigenvalue weighted by molar-refractivity contribution is 5.67. The minimum Gasteiger partial charge on any atom is -0.460 e. The lowest BCUT2D eigenvalue weighted by Crippen LogP contribution is -2.67. The standard InChI is InChI=1S/C25H42O8.C3H9NO/c1-14(2)23-15(3)21(32-13-26)11-24(7,30)16(4)17(5)25(33-18(6)27)12-31-22(25)10-19(28)8-9-20(23)29;1-3(4)2-5/h13-14,16-17,19-22,28-30H,8-12H2,1-7H3;3,5H,2,4H2,1H3/b23-15+;/t16?,17?,19-,20?,21+,22-,24-,25-;3-/m10/s1. The van der Waals surface area contributed by atoms with Crippen molar-refractivity contribution < 1.29 is 44.2 Å². The molecule has 0 amide bonds. The second kappa shape index (κ2) is 14.7. The van der Waals surface area contributed by atoms with Gasteiger partial charge in [-0.05, 0) is 56.6 Å². The highest BCUT2D eigenvalue weighted by Gasteiger charge is 2.59. The second-order valence-electron chi connectivity index (χ2n) is 11.6. The molecule has 1 heterocycles.